The Bertz CT molecular complexity index is 427. The standard InChI is InChI=1S/C8H9N2O5P/c9-7(11)14-16(13,15-8(10)12)6-4-2-1-3-5-6/h1-5H,(H2,9,11)(H2,10,12). The van der Waals surface area contributed by atoms with Gasteiger partial charge in [-0.1, -0.05) is 18.2 Å². The van der Waals surface area contributed by atoms with Crippen LogP contribution in [-0.4, -0.2) is 12.2 Å². The van der Waals surface area contributed by atoms with Crippen molar-refractivity contribution in [2.45, 2.75) is 0 Å². The summed E-state index contributed by atoms with van der Waals surface area (Å²) in [5, 5.41) is 0.00704. The predicted molar refractivity (Wildman–Crippen MR) is 55.0 cm³/mol. The maximum atomic E-state index is 12.0. The van der Waals surface area contributed by atoms with Crippen LogP contribution in [0.4, 0.5) is 9.59 Å². The second-order valence-corrected chi connectivity index (χ2v) is 4.53. The maximum Gasteiger partial charge on any atom is 0.469 e. The van der Waals surface area contributed by atoms with Crippen molar-refractivity contribution in [2.24, 2.45) is 11.5 Å². The Morgan fingerprint density at radius 2 is 1.44 bits per heavy atom. The number of carbonyl (C=O) groups is 2. The van der Waals surface area contributed by atoms with Gasteiger partial charge in [0.05, 0.1) is 5.30 Å². The van der Waals surface area contributed by atoms with Crippen LogP contribution in [0.1, 0.15) is 0 Å². The summed E-state index contributed by atoms with van der Waals surface area (Å²) in [6.45, 7) is 0. The van der Waals surface area contributed by atoms with Crippen molar-refractivity contribution in [3.63, 3.8) is 0 Å². The third kappa shape index (κ3) is 2.99. The Balaban J connectivity index is 3.09. The molecule has 1 aromatic rings. The van der Waals surface area contributed by atoms with Gasteiger partial charge < -0.3 is 20.5 Å². The van der Waals surface area contributed by atoms with E-state index in [-0.39, 0.29) is 5.30 Å². The molecule has 0 aliphatic rings. The molecule has 0 bridgehead atoms. The summed E-state index contributed by atoms with van der Waals surface area (Å²) in [4.78, 5) is 21.1. The molecule has 0 spiro atoms. The van der Waals surface area contributed by atoms with Gasteiger partial charge in [0.1, 0.15) is 0 Å². The Morgan fingerprint density at radius 3 is 1.81 bits per heavy atom. The lowest BCUT2D eigenvalue weighted by atomic mass is 10.4. The molecule has 8 heteroatoms. The average Bonchev–Trinajstić information content (AvgIpc) is 2.16. The van der Waals surface area contributed by atoms with E-state index in [2.05, 4.69) is 9.05 Å². The van der Waals surface area contributed by atoms with Crippen LogP contribution >= 0.6 is 7.60 Å². The molecule has 4 N–H and O–H groups in total. The first-order chi connectivity index (χ1) is 7.44. The van der Waals surface area contributed by atoms with Crippen molar-refractivity contribution in [1.29, 1.82) is 0 Å². The average molecular weight is 244 g/mol. The molecule has 7 nitrogen and oxygen atoms in total. The van der Waals surface area contributed by atoms with Gasteiger partial charge in [-0.25, -0.2) is 14.2 Å². The number of primary amides is 2. The van der Waals surface area contributed by atoms with E-state index in [9.17, 15) is 14.2 Å². The molecule has 16 heavy (non-hydrogen) atoms. The first-order valence-electron chi connectivity index (χ1n) is 4.08. The molecule has 1 aromatic carbocycles. The van der Waals surface area contributed by atoms with Gasteiger partial charge in [-0.2, -0.15) is 0 Å². The van der Waals surface area contributed by atoms with Crippen molar-refractivity contribution < 1.29 is 23.2 Å². The molecule has 0 fully saturated rings. The minimum absolute atomic E-state index is 0.00704. The Morgan fingerprint density at radius 1 is 1.00 bits per heavy atom. The predicted octanol–water partition coefficient (Wildman–Crippen LogP) is 0.696. The van der Waals surface area contributed by atoms with Crippen LogP contribution in [0.25, 0.3) is 0 Å². The van der Waals surface area contributed by atoms with E-state index in [0.717, 1.165) is 0 Å². The molecule has 1 rings (SSSR count). The highest BCUT2D eigenvalue weighted by molar-refractivity contribution is 7.63. The summed E-state index contributed by atoms with van der Waals surface area (Å²) in [5.41, 5.74) is 9.45. The van der Waals surface area contributed by atoms with Gasteiger partial charge in [0.25, 0.3) is 0 Å². The molecule has 0 radical (unpaired) electrons. The fraction of sp³-hybridized carbons (Fsp3) is 0. The van der Waals surface area contributed by atoms with Crippen LogP contribution in [-0.2, 0) is 13.6 Å². The Kier molecular flexibility index (Phi) is 3.52. The highest BCUT2D eigenvalue weighted by Crippen LogP contribution is 2.46. The smallest absolute Gasteiger partial charge is 0.363 e. The van der Waals surface area contributed by atoms with E-state index in [1.807, 2.05) is 0 Å². The number of rotatable bonds is 3. The van der Waals surface area contributed by atoms with Gasteiger partial charge in [0.2, 0.25) is 0 Å². The summed E-state index contributed by atoms with van der Waals surface area (Å²) >= 11 is 0. The summed E-state index contributed by atoms with van der Waals surface area (Å²) in [7, 11) is -4.13. The number of benzene rings is 1. The molecule has 0 heterocycles. The lowest BCUT2D eigenvalue weighted by Gasteiger charge is -2.14. The zero-order valence-corrected chi connectivity index (χ0v) is 8.92. The highest BCUT2D eigenvalue weighted by atomic mass is 31.2. The lowest BCUT2D eigenvalue weighted by molar-refractivity contribution is 0.188. The Labute approximate surface area is 90.9 Å². The number of nitrogens with two attached hydrogens (primary N) is 2. The fourth-order valence-electron chi connectivity index (χ4n) is 0.972. The summed E-state index contributed by atoms with van der Waals surface area (Å²) in [6, 6.07) is 7.40. The lowest BCUT2D eigenvalue weighted by Crippen LogP contribution is -2.22. The van der Waals surface area contributed by atoms with Crippen molar-refractivity contribution in [2.75, 3.05) is 0 Å². The van der Waals surface area contributed by atoms with E-state index >= 15 is 0 Å². The largest absolute Gasteiger partial charge is 0.469 e. The number of carbonyl (C=O) groups excluding carboxylic acids is 2. The van der Waals surface area contributed by atoms with Gasteiger partial charge >= 0.3 is 19.8 Å². The van der Waals surface area contributed by atoms with Crippen molar-refractivity contribution >= 4 is 25.1 Å². The molecule has 86 valence electrons. The molecular weight excluding hydrogens is 235 g/mol. The van der Waals surface area contributed by atoms with Gasteiger partial charge in [-0.05, 0) is 12.1 Å². The number of hydrogen-bond acceptors (Lipinski definition) is 5. The van der Waals surface area contributed by atoms with Gasteiger partial charge in [-0.3, -0.25) is 0 Å². The SMILES string of the molecule is NC(=O)OP(=O)(OC(N)=O)c1ccccc1. The van der Waals surface area contributed by atoms with Crippen LogP contribution in [0.2, 0.25) is 0 Å². The van der Waals surface area contributed by atoms with Crippen molar-refractivity contribution in [3.05, 3.63) is 30.3 Å². The highest BCUT2D eigenvalue weighted by Gasteiger charge is 2.33. The molecule has 0 saturated heterocycles. The van der Waals surface area contributed by atoms with Crippen LogP contribution in [0.15, 0.2) is 30.3 Å². The zero-order chi connectivity index (χ0) is 12.2. The third-order valence-corrected chi connectivity index (χ3v) is 3.26. The first kappa shape index (κ1) is 12.1. The molecule has 0 aromatic heterocycles. The minimum atomic E-state index is -4.13. The van der Waals surface area contributed by atoms with Crippen molar-refractivity contribution in [1.82, 2.24) is 0 Å². The van der Waals surface area contributed by atoms with E-state index in [1.54, 1.807) is 6.07 Å². The number of amides is 2. The molecule has 2 amide bonds. The molecular formula is C8H9N2O5P. The summed E-state index contributed by atoms with van der Waals surface area (Å²) in [6.07, 6.45) is -2.65. The molecule has 0 saturated carbocycles. The van der Waals surface area contributed by atoms with Gasteiger partial charge in [0.15, 0.2) is 0 Å². The van der Waals surface area contributed by atoms with E-state index in [4.69, 9.17) is 11.5 Å². The van der Waals surface area contributed by atoms with Gasteiger partial charge in [-0.15, -0.1) is 0 Å². The quantitative estimate of drug-likeness (QED) is 0.757. The zero-order valence-electron chi connectivity index (χ0n) is 8.03. The van der Waals surface area contributed by atoms with Crippen molar-refractivity contribution in [3.8, 4) is 0 Å². The second kappa shape index (κ2) is 4.67. The maximum absolute atomic E-state index is 12.0. The Hall–Kier alpha value is -2.01. The van der Waals surface area contributed by atoms with Crippen LogP contribution in [0.3, 0.4) is 0 Å². The van der Waals surface area contributed by atoms with Crippen LogP contribution in [0.5, 0.6) is 0 Å². The first-order valence-corrected chi connectivity index (χ1v) is 5.62. The molecule has 0 unspecified atom stereocenters. The second-order valence-electron chi connectivity index (χ2n) is 2.65. The molecule has 0 aliphatic heterocycles. The fourth-order valence-corrected chi connectivity index (χ4v) is 2.23. The number of hydrogen-bond donors (Lipinski definition) is 2. The van der Waals surface area contributed by atoms with E-state index < -0.39 is 19.8 Å². The third-order valence-electron chi connectivity index (χ3n) is 1.49. The normalized spacial score (nSPS) is 10.5. The van der Waals surface area contributed by atoms with E-state index in [0.29, 0.717) is 0 Å². The summed E-state index contributed by atoms with van der Waals surface area (Å²) < 4.78 is 20.6. The van der Waals surface area contributed by atoms with E-state index in [1.165, 1.54) is 24.3 Å². The molecule has 0 aliphatic carbocycles. The summed E-state index contributed by atoms with van der Waals surface area (Å²) in [5.74, 6) is 0. The monoisotopic (exact) mass is 244 g/mol. The van der Waals surface area contributed by atoms with Crippen LogP contribution < -0.4 is 16.8 Å². The minimum Gasteiger partial charge on any atom is -0.363 e. The molecule has 0 atom stereocenters. The topological polar surface area (TPSA) is 122 Å². The van der Waals surface area contributed by atoms with Crippen LogP contribution in [0, 0.1) is 0 Å². The van der Waals surface area contributed by atoms with Gasteiger partial charge in [0, 0.05) is 0 Å².